The topological polar surface area (TPSA) is 113 Å². The number of alkyl halides is 3. The molecular weight excluding hydrogens is 535 g/mol. The van der Waals surface area contributed by atoms with Crippen molar-refractivity contribution >= 4 is 17.8 Å². The lowest BCUT2D eigenvalue weighted by Crippen LogP contribution is -2.47. The molecule has 4 N–H and O–H groups in total. The number of hydrogen-bond acceptors (Lipinski definition) is 4. The van der Waals surface area contributed by atoms with Gasteiger partial charge in [-0.05, 0) is 79.5 Å². The molecule has 2 aromatic rings. The Labute approximate surface area is 238 Å². The monoisotopic (exact) mass is 573 g/mol. The van der Waals surface area contributed by atoms with Crippen LogP contribution in [0.15, 0.2) is 48.5 Å². The maximum atomic E-state index is 13.6. The average Bonchev–Trinajstić information content (AvgIpc) is 3.39. The fourth-order valence-electron chi connectivity index (χ4n) is 6.25. The summed E-state index contributed by atoms with van der Waals surface area (Å²) in [7, 11) is 0. The summed E-state index contributed by atoms with van der Waals surface area (Å²) in [5, 5.41) is 10.3. The zero-order chi connectivity index (χ0) is 29.6. The van der Waals surface area contributed by atoms with Gasteiger partial charge in [-0.1, -0.05) is 48.5 Å². The Morgan fingerprint density at radius 3 is 1.98 bits per heavy atom. The number of nitrogens with zero attached hydrogens (tertiary/aromatic N) is 1. The summed E-state index contributed by atoms with van der Waals surface area (Å²) < 4.78 is 31.7. The Kier molecular flexibility index (Phi) is 10.1. The highest BCUT2D eigenvalue weighted by atomic mass is 19.4. The molecule has 1 heterocycles. The number of carboxylic acid groups (broad SMARTS) is 1. The molecule has 2 amide bonds. The highest BCUT2D eigenvalue weighted by Gasteiger charge is 2.38. The number of hydrogen-bond donors (Lipinski definition) is 3. The summed E-state index contributed by atoms with van der Waals surface area (Å²) >= 11 is 0. The number of carbonyl (C=O) groups is 3. The van der Waals surface area contributed by atoms with E-state index in [1.807, 2.05) is 4.90 Å². The molecule has 5 rings (SSSR count). The van der Waals surface area contributed by atoms with E-state index in [0.29, 0.717) is 31.5 Å². The van der Waals surface area contributed by atoms with Gasteiger partial charge < -0.3 is 21.1 Å². The summed E-state index contributed by atoms with van der Waals surface area (Å²) in [5.41, 5.74) is 11.2. The van der Waals surface area contributed by atoms with E-state index in [4.69, 9.17) is 15.6 Å². The van der Waals surface area contributed by atoms with E-state index >= 15 is 0 Å². The maximum absolute atomic E-state index is 13.6. The van der Waals surface area contributed by atoms with Gasteiger partial charge in [0, 0.05) is 31.5 Å². The first-order chi connectivity index (χ1) is 19.5. The van der Waals surface area contributed by atoms with Crippen LogP contribution in [0.25, 0.3) is 0 Å². The number of carboxylic acids is 1. The van der Waals surface area contributed by atoms with E-state index in [9.17, 15) is 22.8 Å². The second-order valence-electron chi connectivity index (χ2n) is 11.2. The van der Waals surface area contributed by atoms with Gasteiger partial charge >= 0.3 is 12.1 Å². The number of nitrogens with one attached hydrogen (secondary N) is 1. The number of likely N-dealkylation sites (tertiary alicyclic amines) is 1. The fraction of sp³-hybridized carbons (Fsp3) is 0.516. The molecule has 2 fully saturated rings. The lowest BCUT2D eigenvalue weighted by molar-refractivity contribution is -0.192. The number of aryl methyl sites for hydroxylation is 2. The molecule has 1 atom stereocenters. The first-order valence-corrected chi connectivity index (χ1v) is 14.3. The fourth-order valence-corrected chi connectivity index (χ4v) is 6.25. The summed E-state index contributed by atoms with van der Waals surface area (Å²) in [6.45, 7) is 1.37. The van der Waals surface area contributed by atoms with Gasteiger partial charge in [0.05, 0.1) is 0 Å². The van der Waals surface area contributed by atoms with Crippen LogP contribution in [0.3, 0.4) is 0 Å². The maximum Gasteiger partial charge on any atom is 0.490 e. The summed E-state index contributed by atoms with van der Waals surface area (Å²) in [5.74, 6) is -2.10. The number of benzene rings is 2. The quantitative estimate of drug-likeness (QED) is 0.485. The molecule has 0 radical (unpaired) electrons. The molecular formula is C31H38F3N3O4. The van der Waals surface area contributed by atoms with Crippen LogP contribution in [0.4, 0.5) is 13.2 Å². The molecule has 10 heteroatoms. The number of amides is 2. The SMILES string of the molecule is NC1CCC(CNC(=O)[C@@H]2CCCN2C(=O)CC2c3ccccc3CCc3ccccc32)CC1.O=C(O)C(F)(F)F. The largest absolute Gasteiger partial charge is 0.490 e. The first-order valence-electron chi connectivity index (χ1n) is 14.3. The Morgan fingerprint density at radius 1 is 0.902 bits per heavy atom. The number of aliphatic carboxylic acids is 1. The standard InChI is InChI=1S/C29H37N3O2.C2HF3O2/c30-23-15-11-20(12-16-23)19-31-29(34)27-10-5-17-32(27)28(33)18-26-24-8-3-1-6-21(24)13-14-22-7-2-4-9-25(22)26;3-2(4,5)1(6)7/h1-4,6-9,20,23,26-27H,5,10-19,30H2,(H,31,34);(H,6,7)/t20?,23?,27-;/m0./s1. The van der Waals surface area contributed by atoms with Crippen molar-refractivity contribution in [1.29, 1.82) is 0 Å². The third kappa shape index (κ3) is 7.87. The molecule has 222 valence electrons. The zero-order valence-electron chi connectivity index (χ0n) is 23.0. The predicted octanol–water partition coefficient (Wildman–Crippen LogP) is 4.57. The molecule has 2 aromatic carbocycles. The molecule has 1 aliphatic heterocycles. The van der Waals surface area contributed by atoms with E-state index < -0.39 is 12.1 Å². The van der Waals surface area contributed by atoms with Crippen LogP contribution in [0.5, 0.6) is 0 Å². The molecule has 1 saturated carbocycles. The van der Waals surface area contributed by atoms with Crippen molar-refractivity contribution in [3.05, 3.63) is 70.8 Å². The van der Waals surface area contributed by atoms with Gasteiger partial charge in [0.1, 0.15) is 6.04 Å². The van der Waals surface area contributed by atoms with Gasteiger partial charge in [-0.2, -0.15) is 13.2 Å². The molecule has 2 aliphatic carbocycles. The van der Waals surface area contributed by atoms with E-state index in [2.05, 4.69) is 53.8 Å². The van der Waals surface area contributed by atoms with Crippen LogP contribution in [0, 0.1) is 5.92 Å². The normalized spacial score (nSPS) is 22.4. The lowest BCUT2D eigenvalue weighted by Gasteiger charge is -2.29. The highest BCUT2D eigenvalue weighted by Crippen LogP contribution is 2.37. The first kappa shape index (κ1) is 30.6. The Bertz CT molecular complexity index is 1180. The third-order valence-corrected chi connectivity index (χ3v) is 8.48. The molecule has 0 unspecified atom stereocenters. The van der Waals surface area contributed by atoms with E-state index in [0.717, 1.165) is 51.4 Å². The van der Waals surface area contributed by atoms with Crippen molar-refractivity contribution < 1.29 is 32.7 Å². The number of nitrogens with two attached hydrogens (primary N) is 1. The zero-order valence-corrected chi connectivity index (χ0v) is 23.0. The number of halogens is 3. The van der Waals surface area contributed by atoms with Gasteiger partial charge in [0.15, 0.2) is 0 Å². The Balaban J connectivity index is 0.000000493. The van der Waals surface area contributed by atoms with E-state index in [1.54, 1.807) is 0 Å². The summed E-state index contributed by atoms with van der Waals surface area (Å²) in [6.07, 6.45) is 3.21. The van der Waals surface area contributed by atoms with Gasteiger partial charge in [0.2, 0.25) is 11.8 Å². The van der Waals surface area contributed by atoms with Crippen LogP contribution in [0.1, 0.15) is 73.1 Å². The molecule has 0 spiro atoms. The number of carbonyl (C=O) groups excluding carboxylic acids is 2. The van der Waals surface area contributed by atoms with Crippen molar-refractivity contribution in [3.63, 3.8) is 0 Å². The average molecular weight is 574 g/mol. The minimum atomic E-state index is -5.08. The predicted molar refractivity (Wildman–Crippen MR) is 148 cm³/mol. The Hall–Kier alpha value is -3.40. The van der Waals surface area contributed by atoms with E-state index in [1.165, 1.54) is 22.3 Å². The summed E-state index contributed by atoms with van der Waals surface area (Å²) in [6, 6.07) is 17.1. The molecule has 1 saturated heterocycles. The molecule has 0 bridgehead atoms. The number of fused-ring (bicyclic) bond motifs is 2. The minimum absolute atomic E-state index is 0.0161. The molecule has 41 heavy (non-hydrogen) atoms. The molecule has 7 nitrogen and oxygen atoms in total. The second kappa shape index (κ2) is 13.5. The van der Waals surface area contributed by atoms with Crippen LogP contribution in [0.2, 0.25) is 0 Å². The van der Waals surface area contributed by atoms with Crippen molar-refractivity contribution in [2.75, 3.05) is 13.1 Å². The van der Waals surface area contributed by atoms with Crippen molar-refractivity contribution in [2.45, 2.75) is 82.0 Å². The highest BCUT2D eigenvalue weighted by molar-refractivity contribution is 5.88. The van der Waals surface area contributed by atoms with Crippen LogP contribution in [-0.2, 0) is 27.2 Å². The second-order valence-corrected chi connectivity index (χ2v) is 11.2. The Morgan fingerprint density at radius 2 is 1.44 bits per heavy atom. The number of rotatable bonds is 5. The minimum Gasteiger partial charge on any atom is -0.475 e. The molecule has 3 aliphatic rings. The van der Waals surface area contributed by atoms with Crippen molar-refractivity contribution in [3.8, 4) is 0 Å². The van der Waals surface area contributed by atoms with Gasteiger partial charge in [0.25, 0.3) is 0 Å². The van der Waals surface area contributed by atoms with Crippen LogP contribution < -0.4 is 11.1 Å². The van der Waals surface area contributed by atoms with E-state index in [-0.39, 0.29) is 23.8 Å². The van der Waals surface area contributed by atoms with Gasteiger partial charge in [-0.25, -0.2) is 4.79 Å². The lowest BCUT2D eigenvalue weighted by atomic mass is 9.85. The smallest absolute Gasteiger partial charge is 0.475 e. The third-order valence-electron chi connectivity index (χ3n) is 8.48. The van der Waals surface area contributed by atoms with Crippen molar-refractivity contribution in [2.24, 2.45) is 11.7 Å². The van der Waals surface area contributed by atoms with Crippen molar-refractivity contribution in [1.82, 2.24) is 10.2 Å². The van der Waals surface area contributed by atoms with Crippen LogP contribution >= 0.6 is 0 Å². The van der Waals surface area contributed by atoms with Gasteiger partial charge in [-0.3, -0.25) is 9.59 Å². The summed E-state index contributed by atoms with van der Waals surface area (Å²) in [4.78, 5) is 37.5. The van der Waals surface area contributed by atoms with Crippen LogP contribution in [-0.4, -0.2) is 59.1 Å². The van der Waals surface area contributed by atoms with Gasteiger partial charge in [-0.15, -0.1) is 0 Å². The molecule has 0 aromatic heterocycles.